The zero-order valence-electron chi connectivity index (χ0n) is 45.3. The van der Waals surface area contributed by atoms with Crippen molar-refractivity contribution in [3.63, 3.8) is 0 Å². The lowest BCUT2D eigenvalue weighted by molar-refractivity contribution is -0.167. The fourth-order valence-corrected chi connectivity index (χ4v) is 9.23. The highest BCUT2D eigenvalue weighted by atomic mass is 16.6. The lowest BCUT2D eigenvalue weighted by Crippen LogP contribution is -2.30. The van der Waals surface area contributed by atoms with Crippen LogP contribution in [0.2, 0.25) is 0 Å². The lowest BCUT2D eigenvalue weighted by Gasteiger charge is -2.18. The summed E-state index contributed by atoms with van der Waals surface area (Å²) in [5.74, 6) is 0.848. The normalized spacial score (nSPS) is 12.0. The Morgan fingerprint density at radius 1 is 0.288 bits per heavy atom. The van der Waals surface area contributed by atoms with Crippen LogP contribution in [0.4, 0.5) is 0 Å². The van der Waals surface area contributed by atoms with E-state index < -0.39 is 6.10 Å². The average molecular weight is 934 g/mol. The summed E-state index contributed by atoms with van der Waals surface area (Å²) in [7, 11) is 0. The summed E-state index contributed by atoms with van der Waals surface area (Å²) in [5, 5.41) is 0. The van der Waals surface area contributed by atoms with Gasteiger partial charge in [-0.05, 0) is 31.1 Å². The minimum atomic E-state index is -0.763. The second-order valence-electron chi connectivity index (χ2n) is 21.6. The number of hydrogen-bond donors (Lipinski definition) is 0. The van der Waals surface area contributed by atoms with Gasteiger partial charge in [-0.1, -0.05) is 298 Å². The highest BCUT2D eigenvalue weighted by molar-refractivity contribution is 5.71. The zero-order chi connectivity index (χ0) is 48.2. The van der Waals surface area contributed by atoms with Crippen LogP contribution in [0.3, 0.4) is 0 Å². The molecule has 0 spiro atoms. The van der Waals surface area contributed by atoms with E-state index in [1.807, 2.05) is 0 Å². The van der Waals surface area contributed by atoms with Crippen molar-refractivity contribution in [2.75, 3.05) is 13.2 Å². The summed E-state index contributed by atoms with van der Waals surface area (Å²) in [6.45, 7) is 11.4. The Morgan fingerprint density at radius 2 is 0.500 bits per heavy atom. The van der Waals surface area contributed by atoms with Gasteiger partial charge in [-0.3, -0.25) is 14.4 Å². The third kappa shape index (κ3) is 53.4. The number of ether oxygens (including phenoxy) is 3. The van der Waals surface area contributed by atoms with E-state index in [1.165, 1.54) is 225 Å². The van der Waals surface area contributed by atoms with Crippen molar-refractivity contribution in [3.8, 4) is 0 Å². The van der Waals surface area contributed by atoms with E-state index in [2.05, 4.69) is 34.6 Å². The molecule has 0 saturated carbocycles. The van der Waals surface area contributed by atoms with Gasteiger partial charge in [0.25, 0.3) is 0 Å². The molecular formula is C60H116O6. The van der Waals surface area contributed by atoms with Crippen LogP contribution < -0.4 is 0 Å². The minimum Gasteiger partial charge on any atom is -0.462 e. The molecule has 0 saturated heterocycles. The van der Waals surface area contributed by atoms with E-state index >= 15 is 0 Å². The summed E-state index contributed by atoms with van der Waals surface area (Å²) >= 11 is 0. The highest BCUT2D eigenvalue weighted by Crippen LogP contribution is 2.18. The topological polar surface area (TPSA) is 78.9 Å². The Balaban J connectivity index is 4.30. The molecule has 6 nitrogen and oxygen atoms in total. The van der Waals surface area contributed by atoms with Crippen molar-refractivity contribution >= 4 is 17.9 Å². The molecule has 1 atom stereocenters. The van der Waals surface area contributed by atoms with Crippen molar-refractivity contribution in [3.05, 3.63) is 0 Å². The third-order valence-corrected chi connectivity index (χ3v) is 13.7. The molecule has 0 aliphatic rings. The van der Waals surface area contributed by atoms with Crippen LogP contribution in [-0.4, -0.2) is 37.2 Å². The maximum Gasteiger partial charge on any atom is 0.306 e. The van der Waals surface area contributed by atoms with Gasteiger partial charge in [0.15, 0.2) is 6.10 Å². The van der Waals surface area contributed by atoms with Crippen LogP contribution in [-0.2, 0) is 28.6 Å². The molecule has 0 rings (SSSR count). The van der Waals surface area contributed by atoms with Crippen molar-refractivity contribution in [1.82, 2.24) is 0 Å². The molecule has 0 aromatic heterocycles. The number of esters is 3. The monoisotopic (exact) mass is 933 g/mol. The Morgan fingerprint density at radius 3 is 0.742 bits per heavy atom. The van der Waals surface area contributed by atoms with E-state index in [-0.39, 0.29) is 31.1 Å². The molecule has 0 amide bonds. The smallest absolute Gasteiger partial charge is 0.306 e. The summed E-state index contributed by atoms with van der Waals surface area (Å²) < 4.78 is 16.9. The summed E-state index contributed by atoms with van der Waals surface area (Å²) in [6.07, 6.45) is 56.6. The predicted octanol–water partition coefficient (Wildman–Crippen LogP) is 19.7. The van der Waals surface area contributed by atoms with Gasteiger partial charge in [0.05, 0.1) is 0 Å². The number of unbranched alkanes of at least 4 members (excludes halogenated alkanes) is 39. The fourth-order valence-electron chi connectivity index (χ4n) is 9.23. The molecule has 0 unspecified atom stereocenters. The molecule has 6 heteroatoms. The van der Waals surface area contributed by atoms with Gasteiger partial charge >= 0.3 is 17.9 Å². The molecule has 0 N–H and O–H groups in total. The van der Waals surface area contributed by atoms with Crippen LogP contribution >= 0.6 is 0 Å². The minimum absolute atomic E-state index is 0.0624. The number of carbonyl (C=O) groups is 3. The van der Waals surface area contributed by atoms with E-state index in [0.717, 1.165) is 69.6 Å². The van der Waals surface area contributed by atoms with Crippen molar-refractivity contribution in [1.29, 1.82) is 0 Å². The number of carbonyl (C=O) groups excluding carboxylic acids is 3. The summed E-state index contributed by atoms with van der Waals surface area (Å²) in [6, 6.07) is 0. The molecule has 0 aromatic rings. The van der Waals surface area contributed by atoms with Gasteiger partial charge in [0, 0.05) is 19.3 Å². The Hall–Kier alpha value is -1.59. The molecule has 66 heavy (non-hydrogen) atoms. The third-order valence-electron chi connectivity index (χ3n) is 13.7. The molecule has 0 bridgehead atoms. The van der Waals surface area contributed by atoms with Gasteiger partial charge in [-0.25, -0.2) is 0 Å². The quantitative estimate of drug-likeness (QED) is 0.0343. The first kappa shape index (κ1) is 64.4. The maximum absolute atomic E-state index is 12.9. The van der Waals surface area contributed by atoms with Gasteiger partial charge in [0.1, 0.15) is 13.2 Å². The highest BCUT2D eigenvalue weighted by Gasteiger charge is 2.19. The largest absolute Gasteiger partial charge is 0.462 e. The van der Waals surface area contributed by atoms with Gasteiger partial charge in [-0.15, -0.1) is 0 Å². The molecule has 0 aliphatic heterocycles. The Bertz CT molecular complexity index is 1010. The van der Waals surface area contributed by atoms with Crippen molar-refractivity contribution in [2.24, 2.45) is 11.8 Å². The number of hydrogen-bond acceptors (Lipinski definition) is 6. The molecule has 392 valence electrons. The lowest BCUT2D eigenvalue weighted by atomic mass is 10.0. The molecule has 0 fully saturated rings. The van der Waals surface area contributed by atoms with E-state index in [9.17, 15) is 14.4 Å². The van der Waals surface area contributed by atoms with Gasteiger partial charge in [-0.2, -0.15) is 0 Å². The van der Waals surface area contributed by atoms with Crippen LogP contribution in [0.1, 0.15) is 336 Å². The maximum atomic E-state index is 12.9. The van der Waals surface area contributed by atoms with Gasteiger partial charge in [0.2, 0.25) is 0 Å². The van der Waals surface area contributed by atoms with Crippen LogP contribution in [0.25, 0.3) is 0 Å². The number of rotatable bonds is 54. The van der Waals surface area contributed by atoms with Crippen molar-refractivity contribution < 1.29 is 28.6 Å². The second kappa shape index (κ2) is 52.8. The van der Waals surface area contributed by atoms with E-state index in [0.29, 0.717) is 19.3 Å². The van der Waals surface area contributed by atoms with Gasteiger partial charge < -0.3 is 14.2 Å². The van der Waals surface area contributed by atoms with E-state index in [4.69, 9.17) is 14.2 Å². The summed E-state index contributed by atoms with van der Waals surface area (Å²) in [4.78, 5) is 38.2. The first-order valence-corrected chi connectivity index (χ1v) is 29.7. The van der Waals surface area contributed by atoms with Crippen LogP contribution in [0.15, 0.2) is 0 Å². The second-order valence-corrected chi connectivity index (χ2v) is 21.6. The summed E-state index contributed by atoms with van der Waals surface area (Å²) in [5.41, 5.74) is 0. The molecule has 0 aliphatic carbocycles. The van der Waals surface area contributed by atoms with Crippen molar-refractivity contribution in [2.45, 2.75) is 343 Å². The first-order chi connectivity index (χ1) is 32.2. The SMILES string of the molecule is CCCCCCCCCCCCCCCCCC(=O)O[C@@H](COC(=O)CCCCCCCCCCCCCCCCC(C)C)COC(=O)CCCCCCCCCCCCCCCC(C)C. The van der Waals surface area contributed by atoms with Crippen LogP contribution in [0, 0.1) is 11.8 Å². The Kier molecular flexibility index (Phi) is 51.5. The Labute approximate surface area is 412 Å². The fraction of sp³-hybridized carbons (Fsp3) is 0.950. The molecule has 0 heterocycles. The molecule has 0 aromatic carbocycles. The average Bonchev–Trinajstić information content (AvgIpc) is 3.29. The molecule has 0 radical (unpaired) electrons. The predicted molar refractivity (Wildman–Crippen MR) is 284 cm³/mol. The molecular weight excluding hydrogens is 817 g/mol. The zero-order valence-corrected chi connectivity index (χ0v) is 45.3. The van der Waals surface area contributed by atoms with Crippen LogP contribution in [0.5, 0.6) is 0 Å². The van der Waals surface area contributed by atoms with E-state index in [1.54, 1.807) is 0 Å². The standard InChI is InChI=1S/C60H116O6/c1-6-7-8-9-10-11-12-13-14-21-27-32-37-42-47-52-60(63)66-57(54-65-59(62)51-46-41-36-31-26-22-17-19-24-29-34-39-44-49-56(4)5)53-64-58(61)50-45-40-35-30-25-20-16-15-18-23-28-33-38-43-48-55(2)3/h55-57H,6-54H2,1-5H3/t57-/m0/s1. The first-order valence-electron chi connectivity index (χ1n) is 29.7.